The number of piperazine rings is 1. The zero-order valence-corrected chi connectivity index (χ0v) is 19.3. The van der Waals surface area contributed by atoms with Gasteiger partial charge in [0, 0.05) is 48.8 Å². The number of fused-ring (bicyclic) bond motifs is 1. The third-order valence-electron chi connectivity index (χ3n) is 5.33. The molecule has 0 aliphatic carbocycles. The summed E-state index contributed by atoms with van der Waals surface area (Å²) in [5.74, 6) is 1.95. The topological polar surface area (TPSA) is 75.1 Å². The van der Waals surface area contributed by atoms with Gasteiger partial charge in [-0.15, -0.1) is 11.3 Å². The molecule has 9 heteroatoms. The van der Waals surface area contributed by atoms with Crippen LogP contribution in [-0.2, 0) is 4.79 Å². The molecule has 1 aliphatic rings. The molecule has 4 heterocycles. The van der Waals surface area contributed by atoms with Crippen molar-refractivity contribution in [3.8, 4) is 10.4 Å². The molecule has 4 aromatic rings. The predicted molar refractivity (Wildman–Crippen MR) is 129 cm³/mol. The minimum absolute atomic E-state index is 0.131. The molecule has 32 heavy (non-hydrogen) atoms. The third kappa shape index (κ3) is 4.44. The van der Waals surface area contributed by atoms with Gasteiger partial charge in [-0.1, -0.05) is 42.1 Å². The summed E-state index contributed by atoms with van der Waals surface area (Å²) in [5, 5.41) is 1.89. The molecule has 1 saturated heterocycles. The predicted octanol–water partition coefficient (Wildman–Crippen LogP) is 3.90. The fourth-order valence-electron chi connectivity index (χ4n) is 3.68. The van der Waals surface area contributed by atoms with E-state index < -0.39 is 0 Å². The fraction of sp³-hybridized carbons (Fsp3) is 0.261. The number of aromatic nitrogens is 4. The lowest BCUT2D eigenvalue weighted by atomic mass is 10.2. The molecule has 1 aromatic carbocycles. The molecule has 0 spiro atoms. The number of amides is 1. The number of aryl methyl sites for hydroxylation is 1. The van der Waals surface area contributed by atoms with E-state index in [2.05, 4.69) is 43.0 Å². The summed E-state index contributed by atoms with van der Waals surface area (Å²) in [4.78, 5) is 36.9. The molecule has 0 bridgehead atoms. The number of anilines is 1. The Kier molecular flexibility index (Phi) is 6.00. The summed E-state index contributed by atoms with van der Waals surface area (Å²) in [6.07, 6.45) is 3.49. The van der Waals surface area contributed by atoms with E-state index in [1.54, 1.807) is 23.7 Å². The molecule has 3 aromatic heterocycles. The monoisotopic (exact) mass is 462 g/mol. The Morgan fingerprint density at radius 2 is 1.78 bits per heavy atom. The van der Waals surface area contributed by atoms with Crippen molar-refractivity contribution in [3.05, 3.63) is 60.7 Å². The number of carbonyl (C=O) groups is 1. The minimum Gasteiger partial charge on any atom is -0.338 e. The number of hydrogen-bond donors (Lipinski definition) is 0. The molecule has 1 amide bonds. The summed E-state index contributed by atoms with van der Waals surface area (Å²) < 4.78 is 0. The van der Waals surface area contributed by atoms with Gasteiger partial charge in [-0.05, 0) is 24.6 Å². The first-order valence-corrected chi connectivity index (χ1v) is 12.2. The largest absolute Gasteiger partial charge is 0.338 e. The molecule has 1 fully saturated rings. The van der Waals surface area contributed by atoms with Crippen molar-refractivity contribution in [2.75, 3.05) is 36.8 Å². The van der Waals surface area contributed by atoms with Crippen LogP contribution in [0.3, 0.4) is 0 Å². The SMILES string of the molecule is Cc1nc(SCC(=O)N2CCN(c3ncccn3)CC2)c2cc(-c3ccccc3)sc2n1. The highest BCUT2D eigenvalue weighted by atomic mass is 32.2. The van der Waals surface area contributed by atoms with Crippen LogP contribution in [0.5, 0.6) is 0 Å². The van der Waals surface area contributed by atoms with E-state index in [4.69, 9.17) is 0 Å². The summed E-state index contributed by atoms with van der Waals surface area (Å²) in [5.41, 5.74) is 1.17. The lowest BCUT2D eigenvalue weighted by molar-refractivity contribution is -0.128. The summed E-state index contributed by atoms with van der Waals surface area (Å²) >= 11 is 3.16. The highest BCUT2D eigenvalue weighted by molar-refractivity contribution is 8.00. The van der Waals surface area contributed by atoms with E-state index >= 15 is 0 Å². The third-order valence-corrected chi connectivity index (χ3v) is 7.38. The van der Waals surface area contributed by atoms with Crippen LogP contribution in [0.1, 0.15) is 5.82 Å². The maximum atomic E-state index is 12.9. The molecule has 0 unspecified atom stereocenters. The van der Waals surface area contributed by atoms with Crippen LogP contribution in [0.4, 0.5) is 5.95 Å². The van der Waals surface area contributed by atoms with E-state index in [1.165, 1.54) is 17.3 Å². The average Bonchev–Trinajstić information content (AvgIpc) is 3.28. The van der Waals surface area contributed by atoms with Gasteiger partial charge in [-0.3, -0.25) is 4.79 Å². The molecule has 0 radical (unpaired) electrons. The van der Waals surface area contributed by atoms with E-state index in [1.807, 2.05) is 36.1 Å². The summed E-state index contributed by atoms with van der Waals surface area (Å²) in [6.45, 7) is 4.72. The Hall–Kier alpha value is -3.04. The van der Waals surface area contributed by atoms with Crippen molar-refractivity contribution in [3.63, 3.8) is 0 Å². The van der Waals surface area contributed by atoms with Crippen molar-refractivity contribution in [1.82, 2.24) is 24.8 Å². The summed E-state index contributed by atoms with van der Waals surface area (Å²) in [7, 11) is 0. The molecular weight excluding hydrogens is 440 g/mol. The quantitative estimate of drug-likeness (QED) is 0.329. The zero-order valence-electron chi connectivity index (χ0n) is 17.6. The maximum Gasteiger partial charge on any atom is 0.233 e. The lowest BCUT2D eigenvalue weighted by Crippen LogP contribution is -2.49. The number of hydrogen-bond acceptors (Lipinski definition) is 8. The Balaban J connectivity index is 1.26. The highest BCUT2D eigenvalue weighted by Crippen LogP contribution is 2.36. The first-order chi connectivity index (χ1) is 15.7. The first kappa shape index (κ1) is 20.8. The number of carbonyl (C=O) groups excluding carboxylic acids is 1. The molecule has 1 aliphatic heterocycles. The number of benzene rings is 1. The van der Waals surface area contributed by atoms with E-state index in [-0.39, 0.29) is 5.91 Å². The highest BCUT2D eigenvalue weighted by Gasteiger charge is 2.23. The van der Waals surface area contributed by atoms with Crippen LogP contribution < -0.4 is 4.90 Å². The molecule has 162 valence electrons. The van der Waals surface area contributed by atoms with E-state index in [0.717, 1.165) is 45.0 Å². The minimum atomic E-state index is 0.131. The van der Waals surface area contributed by atoms with Gasteiger partial charge in [0.05, 0.1) is 5.75 Å². The Morgan fingerprint density at radius 1 is 1.03 bits per heavy atom. The Labute approximate surface area is 194 Å². The molecule has 0 N–H and O–H groups in total. The van der Waals surface area contributed by atoms with Crippen LogP contribution in [0.2, 0.25) is 0 Å². The van der Waals surface area contributed by atoms with Gasteiger partial charge in [0.1, 0.15) is 15.7 Å². The Morgan fingerprint density at radius 3 is 2.53 bits per heavy atom. The van der Waals surface area contributed by atoms with Gasteiger partial charge in [0.25, 0.3) is 0 Å². The van der Waals surface area contributed by atoms with E-state index in [0.29, 0.717) is 18.8 Å². The van der Waals surface area contributed by atoms with Crippen molar-refractivity contribution < 1.29 is 4.79 Å². The average molecular weight is 463 g/mol. The van der Waals surface area contributed by atoms with Gasteiger partial charge >= 0.3 is 0 Å². The van der Waals surface area contributed by atoms with Crippen LogP contribution in [0.15, 0.2) is 59.9 Å². The zero-order chi connectivity index (χ0) is 21.9. The molecule has 7 nitrogen and oxygen atoms in total. The van der Waals surface area contributed by atoms with Gasteiger partial charge in [-0.2, -0.15) is 0 Å². The van der Waals surface area contributed by atoms with Crippen molar-refractivity contribution in [1.29, 1.82) is 0 Å². The number of rotatable bonds is 5. The van der Waals surface area contributed by atoms with Crippen LogP contribution in [0, 0.1) is 6.92 Å². The second-order valence-electron chi connectivity index (χ2n) is 7.48. The maximum absolute atomic E-state index is 12.9. The standard InChI is InChI=1S/C23H22N6OS2/c1-16-26-21(18-14-19(32-22(18)27-16)17-6-3-2-4-7-17)31-15-20(30)28-10-12-29(13-11-28)23-24-8-5-9-25-23/h2-9,14H,10-13,15H2,1H3. The Bertz CT molecular complexity index is 1220. The fourth-order valence-corrected chi connectivity index (χ4v) is 5.78. The normalized spacial score (nSPS) is 14.2. The smallest absolute Gasteiger partial charge is 0.233 e. The van der Waals surface area contributed by atoms with Gasteiger partial charge in [0.2, 0.25) is 11.9 Å². The van der Waals surface area contributed by atoms with Crippen molar-refractivity contribution in [2.45, 2.75) is 11.9 Å². The van der Waals surface area contributed by atoms with Crippen molar-refractivity contribution in [2.24, 2.45) is 0 Å². The molecule has 5 rings (SSSR count). The van der Waals surface area contributed by atoms with E-state index in [9.17, 15) is 4.79 Å². The second kappa shape index (κ2) is 9.22. The van der Waals surface area contributed by atoms with Crippen molar-refractivity contribution >= 4 is 45.2 Å². The van der Waals surface area contributed by atoms with Gasteiger partial charge in [-0.25, -0.2) is 19.9 Å². The van der Waals surface area contributed by atoms with Gasteiger partial charge in [0.15, 0.2) is 0 Å². The van der Waals surface area contributed by atoms with Crippen LogP contribution in [0.25, 0.3) is 20.7 Å². The van der Waals surface area contributed by atoms with Crippen LogP contribution in [-0.4, -0.2) is 62.7 Å². The number of nitrogens with zero attached hydrogens (tertiary/aromatic N) is 6. The lowest BCUT2D eigenvalue weighted by Gasteiger charge is -2.34. The first-order valence-electron chi connectivity index (χ1n) is 10.4. The molecule has 0 atom stereocenters. The second-order valence-corrected chi connectivity index (χ2v) is 9.47. The summed E-state index contributed by atoms with van der Waals surface area (Å²) in [6, 6.07) is 14.2. The number of thioether (sulfide) groups is 1. The molecular formula is C23H22N6OS2. The number of thiophene rings is 1. The van der Waals surface area contributed by atoms with Gasteiger partial charge < -0.3 is 9.80 Å². The van der Waals surface area contributed by atoms with Crippen LogP contribution >= 0.6 is 23.1 Å². The molecule has 0 saturated carbocycles.